The quantitative estimate of drug-likeness (QED) is 0.549. The van der Waals surface area contributed by atoms with Crippen LogP contribution in [0, 0.1) is 5.92 Å². The molecule has 2 fully saturated rings. The number of piperidine rings is 1. The number of likely N-dealkylation sites (N-methyl/N-ethyl adjacent to an activating group) is 1. The Morgan fingerprint density at radius 1 is 0.857 bits per heavy atom. The number of carbonyl (C=O) groups excluding carboxylic acids is 3. The first-order valence-electron chi connectivity index (χ1n) is 10.6. The lowest BCUT2D eigenvalue weighted by Gasteiger charge is -2.37. The maximum Gasteiger partial charge on any atom is 0.309 e. The highest BCUT2D eigenvalue weighted by Gasteiger charge is 2.29. The van der Waals surface area contributed by atoms with Crippen LogP contribution in [0.2, 0.25) is 0 Å². The fraction of sp³-hybridized carbons (Fsp3) is 0.850. The van der Waals surface area contributed by atoms with Gasteiger partial charge >= 0.3 is 5.97 Å². The van der Waals surface area contributed by atoms with Crippen molar-refractivity contribution in [3.8, 4) is 0 Å². The smallest absolute Gasteiger partial charge is 0.309 e. The first kappa shape index (κ1) is 22.6. The molecular weight excluding hydrogens is 360 g/mol. The van der Waals surface area contributed by atoms with Gasteiger partial charge in [0.05, 0.1) is 25.6 Å². The molecule has 0 N–H and O–H groups in total. The molecule has 0 bridgehead atoms. The van der Waals surface area contributed by atoms with E-state index >= 15 is 0 Å². The minimum absolute atomic E-state index is 0.0733. The van der Waals surface area contributed by atoms with Crippen LogP contribution in [-0.2, 0) is 19.1 Å². The van der Waals surface area contributed by atoms with Gasteiger partial charge in [0.15, 0.2) is 0 Å². The molecule has 2 amide bonds. The molecular formula is C20H36N4O4. The third-order valence-electron chi connectivity index (χ3n) is 5.77. The van der Waals surface area contributed by atoms with Gasteiger partial charge in [0.25, 0.3) is 0 Å². The first-order chi connectivity index (χ1) is 13.5. The molecule has 28 heavy (non-hydrogen) atoms. The van der Waals surface area contributed by atoms with E-state index in [1.807, 2.05) is 30.6 Å². The van der Waals surface area contributed by atoms with E-state index in [4.69, 9.17) is 4.74 Å². The van der Waals surface area contributed by atoms with Crippen LogP contribution in [0.4, 0.5) is 0 Å². The van der Waals surface area contributed by atoms with E-state index in [0.29, 0.717) is 45.6 Å². The lowest BCUT2D eigenvalue weighted by atomic mass is 9.97. The first-order valence-corrected chi connectivity index (χ1v) is 10.6. The van der Waals surface area contributed by atoms with E-state index in [1.165, 1.54) is 0 Å². The summed E-state index contributed by atoms with van der Waals surface area (Å²) in [5.41, 5.74) is 0. The van der Waals surface area contributed by atoms with Crippen LogP contribution in [-0.4, -0.2) is 109 Å². The number of likely N-dealkylation sites (tertiary alicyclic amines) is 1. The zero-order chi connectivity index (χ0) is 20.5. The van der Waals surface area contributed by atoms with Crippen molar-refractivity contribution in [3.63, 3.8) is 0 Å². The van der Waals surface area contributed by atoms with Crippen LogP contribution in [0.1, 0.15) is 33.6 Å². The highest BCUT2D eigenvalue weighted by atomic mass is 16.5. The van der Waals surface area contributed by atoms with Crippen LogP contribution in [0.5, 0.6) is 0 Å². The number of esters is 1. The van der Waals surface area contributed by atoms with Gasteiger partial charge in [-0.1, -0.05) is 0 Å². The van der Waals surface area contributed by atoms with E-state index in [9.17, 15) is 14.4 Å². The van der Waals surface area contributed by atoms with Crippen LogP contribution in [0.3, 0.4) is 0 Å². The zero-order valence-electron chi connectivity index (χ0n) is 17.7. The van der Waals surface area contributed by atoms with E-state index in [0.717, 1.165) is 39.3 Å². The number of piperazine rings is 1. The maximum atomic E-state index is 12.6. The molecule has 2 saturated heterocycles. The number of nitrogens with zero attached hydrogens (tertiary/aromatic N) is 4. The molecule has 0 atom stereocenters. The molecule has 0 spiro atoms. The summed E-state index contributed by atoms with van der Waals surface area (Å²) in [5.74, 6) is 0.106. The van der Waals surface area contributed by atoms with Crippen molar-refractivity contribution in [2.24, 2.45) is 5.92 Å². The fourth-order valence-corrected chi connectivity index (χ4v) is 3.89. The molecule has 2 aliphatic rings. The highest BCUT2D eigenvalue weighted by Crippen LogP contribution is 2.19. The van der Waals surface area contributed by atoms with Gasteiger partial charge in [-0.3, -0.25) is 24.2 Å². The lowest BCUT2D eigenvalue weighted by Crippen LogP contribution is -2.53. The minimum Gasteiger partial charge on any atom is -0.466 e. The normalized spacial score (nSPS) is 19.5. The topological polar surface area (TPSA) is 73.4 Å². The van der Waals surface area contributed by atoms with Crippen LogP contribution in [0.25, 0.3) is 0 Å². The Kier molecular flexibility index (Phi) is 9.18. The predicted octanol–water partition coefficient (Wildman–Crippen LogP) is 0.274. The fourth-order valence-electron chi connectivity index (χ4n) is 3.89. The monoisotopic (exact) mass is 396 g/mol. The van der Waals surface area contributed by atoms with Crippen LogP contribution < -0.4 is 0 Å². The number of carbonyl (C=O) groups is 3. The Balaban J connectivity index is 1.68. The van der Waals surface area contributed by atoms with Gasteiger partial charge in [0.2, 0.25) is 11.8 Å². The number of ether oxygens (including phenoxy) is 1. The standard InChI is InChI=1S/C20H36N4O4/c1-4-23(5-2)18(25)15-21-11-13-22(14-12-21)16-19(26)24-9-7-17(8-10-24)20(27)28-6-3/h17H,4-16H2,1-3H3. The van der Waals surface area contributed by atoms with Gasteiger partial charge in [-0.05, 0) is 33.6 Å². The second-order valence-corrected chi connectivity index (χ2v) is 7.53. The second-order valence-electron chi connectivity index (χ2n) is 7.53. The van der Waals surface area contributed by atoms with E-state index in [-0.39, 0.29) is 23.7 Å². The van der Waals surface area contributed by atoms with Crippen LogP contribution >= 0.6 is 0 Å². The van der Waals surface area contributed by atoms with E-state index in [2.05, 4.69) is 9.80 Å². The minimum atomic E-state index is -0.134. The molecule has 0 aromatic heterocycles. The average Bonchev–Trinajstić information content (AvgIpc) is 2.70. The van der Waals surface area contributed by atoms with Gasteiger partial charge in [-0.15, -0.1) is 0 Å². The molecule has 8 heteroatoms. The summed E-state index contributed by atoms with van der Waals surface area (Å²) in [6, 6.07) is 0. The molecule has 0 unspecified atom stereocenters. The molecule has 2 aliphatic heterocycles. The van der Waals surface area contributed by atoms with E-state index in [1.54, 1.807) is 0 Å². The van der Waals surface area contributed by atoms with Crippen molar-refractivity contribution in [3.05, 3.63) is 0 Å². The summed E-state index contributed by atoms with van der Waals surface area (Å²) >= 11 is 0. The maximum absolute atomic E-state index is 12.6. The van der Waals surface area contributed by atoms with Gasteiger partial charge < -0.3 is 14.5 Å². The van der Waals surface area contributed by atoms with Gasteiger partial charge in [-0.2, -0.15) is 0 Å². The third-order valence-corrected chi connectivity index (χ3v) is 5.77. The predicted molar refractivity (Wildman–Crippen MR) is 107 cm³/mol. The Hall–Kier alpha value is -1.67. The summed E-state index contributed by atoms with van der Waals surface area (Å²) in [4.78, 5) is 44.7. The Bertz CT molecular complexity index is 522. The van der Waals surface area contributed by atoms with Crippen molar-refractivity contribution >= 4 is 17.8 Å². The summed E-state index contributed by atoms with van der Waals surface area (Å²) < 4.78 is 5.08. The second kappa shape index (κ2) is 11.4. The molecule has 2 rings (SSSR count). The summed E-state index contributed by atoms with van der Waals surface area (Å²) in [7, 11) is 0. The van der Waals surface area contributed by atoms with Crippen molar-refractivity contribution in [2.75, 3.05) is 72.1 Å². The molecule has 0 radical (unpaired) electrons. The number of hydrogen-bond donors (Lipinski definition) is 0. The average molecular weight is 397 g/mol. The highest BCUT2D eigenvalue weighted by molar-refractivity contribution is 5.79. The molecule has 160 valence electrons. The van der Waals surface area contributed by atoms with Gasteiger partial charge in [0.1, 0.15) is 0 Å². The van der Waals surface area contributed by atoms with Crippen molar-refractivity contribution in [2.45, 2.75) is 33.6 Å². The summed E-state index contributed by atoms with van der Waals surface area (Å²) in [6.45, 7) is 13.1. The molecule has 0 aromatic rings. The Morgan fingerprint density at radius 3 is 1.89 bits per heavy atom. The van der Waals surface area contributed by atoms with Crippen LogP contribution in [0.15, 0.2) is 0 Å². The van der Waals surface area contributed by atoms with E-state index < -0.39 is 0 Å². The van der Waals surface area contributed by atoms with Crippen molar-refractivity contribution in [1.82, 2.24) is 19.6 Å². The number of hydrogen-bond acceptors (Lipinski definition) is 6. The molecule has 8 nitrogen and oxygen atoms in total. The van der Waals surface area contributed by atoms with Gasteiger partial charge in [-0.25, -0.2) is 0 Å². The zero-order valence-corrected chi connectivity index (χ0v) is 17.7. The molecule has 0 aliphatic carbocycles. The molecule has 0 aromatic carbocycles. The van der Waals surface area contributed by atoms with Gasteiger partial charge in [0, 0.05) is 52.4 Å². The van der Waals surface area contributed by atoms with Crippen molar-refractivity contribution in [1.29, 1.82) is 0 Å². The Labute approximate surface area is 168 Å². The lowest BCUT2D eigenvalue weighted by molar-refractivity contribution is -0.151. The van der Waals surface area contributed by atoms with Crippen molar-refractivity contribution < 1.29 is 19.1 Å². The third kappa shape index (κ3) is 6.44. The molecule has 0 saturated carbocycles. The number of amides is 2. The Morgan fingerprint density at radius 2 is 1.39 bits per heavy atom. The SMILES string of the molecule is CCOC(=O)C1CCN(C(=O)CN2CCN(CC(=O)N(CC)CC)CC2)CC1. The molecule has 2 heterocycles. The largest absolute Gasteiger partial charge is 0.466 e. The summed E-state index contributed by atoms with van der Waals surface area (Å²) in [6.07, 6.45) is 1.37. The number of rotatable bonds is 8. The summed E-state index contributed by atoms with van der Waals surface area (Å²) in [5, 5.41) is 0.